The summed E-state index contributed by atoms with van der Waals surface area (Å²) in [4.78, 5) is 22.2. The van der Waals surface area contributed by atoms with E-state index in [1.54, 1.807) is 22.7 Å². The van der Waals surface area contributed by atoms with Crippen molar-refractivity contribution in [3.8, 4) is 11.3 Å². The smallest absolute Gasteiger partial charge is 0.340 e. The lowest BCUT2D eigenvalue weighted by Crippen LogP contribution is -2.36. The number of pyridine rings is 1. The highest BCUT2D eigenvalue weighted by atomic mass is 19.4. The number of nitrogens with zero attached hydrogens (tertiary/aromatic N) is 4. The maximum atomic E-state index is 14.4. The minimum atomic E-state index is -4.52. The van der Waals surface area contributed by atoms with Gasteiger partial charge in [-0.1, -0.05) is 6.07 Å². The first-order valence-electron chi connectivity index (χ1n) is 9.17. The van der Waals surface area contributed by atoms with Crippen molar-refractivity contribution < 1.29 is 22.4 Å². The fraction of sp³-hybridized carbons (Fsp3) is 0.286. The number of carbonyl (C=O) groups is 1. The van der Waals surface area contributed by atoms with E-state index in [0.717, 1.165) is 12.1 Å². The third-order valence-electron chi connectivity index (χ3n) is 4.56. The van der Waals surface area contributed by atoms with Crippen LogP contribution in [0.1, 0.15) is 35.5 Å². The Balaban J connectivity index is 1.89. The molecule has 0 N–H and O–H groups in total. The van der Waals surface area contributed by atoms with Crippen LogP contribution in [-0.4, -0.2) is 31.4 Å². The Labute approximate surface area is 171 Å². The van der Waals surface area contributed by atoms with Gasteiger partial charge in [0.05, 0.1) is 17.6 Å². The molecule has 158 valence electrons. The number of amides is 1. The van der Waals surface area contributed by atoms with Crippen LogP contribution in [0.4, 0.5) is 17.6 Å². The number of alkyl halides is 3. The van der Waals surface area contributed by atoms with Crippen molar-refractivity contribution in [1.82, 2.24) is 19.4 Å². The molecular weight excluding hydrogens is 400 g/mol. The summed E-state index contributed by atoms with van der Waals surface area (Å²) in [5, 5.41) is 0. The van der Waals surface area contributed by atoms with E-state index in [4.69, 9.17) is 0 Å². The number of hydrogen-bond acceptors (Lipinski definition) is 3. The molecule has 3 rings (SSSR count). The molecule has 0 aliphatic carbocycles. The zero-order valence-corrected chi connectivity index (χ0v) is 16.6. The summed E-state index contributed by atoms with van der Waals surface area (Å²) in [6, 6.07) is 6.07. The number of aryl methyl sites for hydroxylation is 1. The number of rotatable bonds is 5. The van der Waals surface area contributed by atoms with Gasteiger partial charge in [-0.15, -0.1) is 0 Å². The molecule has 0 fully saturated rings. The standard InChI is InChI=1S/C21H20F4N4O/c1-13(2)29(20(30)19-11-28(3)12-27-19)10-14-4-6-17(22)16(8-14)18-7-5-15(9-26-18)21(23,24)25/h4-9,11-13H,10H2,1-3H3. The van der Waals surface area contributed by atoms with Crippen LogP contribution in [0.5, 0.6) is 0 Å². The first-order chi connectivity index (χ1) is 14.1. The molecule has 5 nitrogen and oxygen atoms in total. The van der Waals surface area contributed by atoms with Crippen LogP contribution in [0.25, 0.3) is 11.3 Å². The molecule has 0 saturated heterocycles. The van der Waals surface area contributed by atoms with Crippen molar-refractivity contribution in [2.45, 2.75) is 32.6 Å². The topological polar surface area (TPSA) is 51.0 Å². The van der Waals surface area contributed by atoms with E-state index >= 15 is 0 Å². The maximum absolute atomic E-state index is 14.4. The molecule has 0 radical (unpaired) electrons. The van der Waals surface area contributed by atoms with Crippen LogP contribution >= 0.6 is 0 Å². The number of imidazole rings is 1. The van der Waals surface area contributed by atoms with Gasteiger partial charge in [0, 0.05) is 37.6 Å². The van der Waals surface area contributed by atoms with Crippen LogP contribution in [-0.2, 0) is 19.8 Å². The molecule has 30 heavy (non-hydrogen) atoms. The molecule has 0 spiro atoms. The van der Waals surface area contributed by atoms with Gasteiger partial charge in [0.2, 0.25) is 0 Å². The van der Waals surface area contributed by atoms with Gasteiger partial charge in [0.15, 0.2) is 0 Å². The molecule has 1 amide bonds. The van der Waals surface area contributed by atoms with Crippen LogP contribution in [0.2, 0.25) is 0 Å². The fourth-order valence-electron chi connectivity index (χ4n) is 2.94. The van der Waals surface area contributed by atoms with Crippen molar-refractivity contribution in [1.29, 1.82) is 0 Å². The normalized spacial score (nSPS) is 11.7. The second-order valence-electron chi connectivity index (χ2n) is 7.20. The molecule has 2 heterocycles. The molecule has 3 aromatic rings. The number of hydrogen-bond donors (Lipinski definition) is 0. The molecular formula is C21H20F4N4O. The number of halogens is 4. The Kier molecular flexibility index (Phi) is 5.91. The van der Waals surface area contributed by atoms with E-state index in [-0.39, 0.29) is 35.4 Å². The number of benzene rings is 1. The van der Waals surface area contributed by atoms with E-state index in [1.807, 2.05) is 13.8 Å². The summed E-state index contributed by atoms with van der Waals surface area (Å²) in [5.74, 6) is -0.887. The molecule has 1 aromatic carbocycles. The molecule has 0 bridgehead atoms. The van der Waals surface area contributed by atoms with Gasteiger partial charge in [-0.3, -0.25) is 9.78 Å². The Morgan fingerprint density at radius 1 is 1.17 bits per heavy atom. The summed E-state index contributed by atoms with van der Waals surface area (Å²) < 4.78 is 54.3. The van der Waals surface area contributed by atoms with Gasteiger partial charge in [-0.25, -0.2) is 9.37 Å². The van der Waals surface area contributed by atoms with Gasteiger partial charge in [0.25, 0.3) is 5.91 Å². The molecule has 2 aromatic heterocycles. The third-order valence-corrected chi connectivity index (χ3v) is 4.56. The molecule has 0 saturated carbocycles. The maximum Gasteiger partial charge on any atom is 0.417 e. The summed E-state index contributed by atoms with van der Waals surface area (Å²) in [6.07, 6.45) is -0.708. The summed E-state index contributed by atoms with van der Waals surface area (Å²) in [6.45, 7) is 3.88. The predicted octanol–water partition coefficient (Wildman–Crippen LogP) is 4.69. The van der Waals surface area contributed by atoms with Crippen molar-refractivity contribution in [2.24, 2.45) is 7.05 Å². The van der Waals surface area contributed by atoms with Gasteiger partial charge in [0.1, 0.15) is 11.5 Å². The quantitative estimate of drug-likeness (QED) is 0.563. The minimum Gasteiger partial charge on any atom is -0.340 e. The van der Waals surface area contributed by atoms with Crippen LogP contribution in [0, 0.1) is 5.82 Å². The van der Waals surface area contributed by atoms with E-state index in [0.29, 0.717) is 11.8 Å². The Hall–Kier alpha value is -3.23. The van der Waals surface area contributed by atoms with Crippen molar-refractivity contribution in [3.05, 3.63) is 71.7 Å². The van der Waals surface area contributed by atoms with Gasteiger partial charge in [-0.2, -0.15) is 13.2 Å². The van der Waals surface area contributed by atoms with E-state index < -0.39 is 17.6 Å². The van der Waals surface area contributed by atoms with E-state index in [2.05, 4.69) is 9.97 Å². The first-order valence-corrected chi connectivity index (χ1v) is 9.17. The lowest BCUT2D eigenvalue weighted by Gasteiger charge is -2.26. The third kappa shape index (κ3) is 4.67. The Morgan fingerprint density at radius 3 is 2.43 bits per heavy atom. The van der Waals surface area contributed by atoms with Gasteiger partial charge >= 0.3 is 6.18 Å². The van der Waals surface area contributed by atoms with E-state index in [9.17, 15) is 22.4 Å². The molecule has 0 aliphatic heterocycles. The Morgan fingerprint density at radius 2 is 1.90 bits per heavy atom. The summed E-state index contributed by atoms with van der Waals surface area (Å²) in [7, 11) is 1.76. The predicted molar refractivity (Wildman–Crippen MR) is 103 cm³/mol. The molecule has 0 atom stereocenters. The van der Waals surface area contributed by atoms with Crippen molar-refractivity contribution in [2.75, 3.05) is 0 Å². The second-order valence-corrected chi connectivity index (χ2v) is 7.20. The molecule has 0 unspecified atom stereocenters. The lowest BCUT2D eigenvalue weighted by molar-refractivity contribution is -0.137. The summed E-state index contributed by atoms with van der Waals surface area (Å²) >= 11 is 0. The van der Waals surface area contributed by atoms with Crippen LogP contribution < -0.4 is 0 Å². The first kappa shape index (κ1) is 21.5. The lowest BCUT2D eigenvalue weighted by atomic mass is 10.0. The Bertz CT molecular complexity index is 1040. The fourth-order valence-corrected chi connectivity index (χ4v) is 2.94. The molecule has 0 aliphatic rings. The highest BCUT2D eigenvalue weighted by molar-refractivity contribution is 5.92. The average Bonchev–Trinajstić information content (AvgIpc) is 3.12. The summed E-state index contributed by atoms with van der Waals surface area (Å²) in [5.41, 5.74) is 0.142. The second kappa shape index (κ2) is 8.25. The van der Waals surface area contributed by atoms with Gasteiger partial charge in [-0.05, 0) is 43.7 Å². The highest BCUT2D eigenvalue weighted by Gasteiger charge is 2.30. The zero-order valence-electron chi connectivity index (χ0n) is 16.6. The van der Waals surface area contributed by atoms with E-state index in [1.165, 1.54) is 24.5 Å². The largest absolute Gasteiger partial charge is 0.417 e. The number of carbonyl (C=O) groups excluding carboxylic acids is 1. The minimum absolute atomic E-state index is 0.0650. The van der Waals surface area contributed by atoms with Crippen molar-refractivity contribution >= 4 is 5.91 Å². The zero-order chi connectivity index (χ0) is 22.1. The SMILES string of the molecule is CC(C)N(Cc1ccc(F)c(-c2ccc(C(F)(F)F)cn2)c1)C(=O)c1cn(C)cn1. The van der Waals surface area contributed by atoms with Crippen LogP contribution in [0.3, 0.4) is 0 Å². The number of aromatic nitrogens is 3. The van der Waals surface area contributed by atoms with Gasteiger partial charge < -0.3 is 9.47 Å². The van der Waals surface area contributed by atoms with Crippen molar-refractivity contribution in [3.63, 3.8) is 0 Å². The van der Waals surface area contributed by atoms with Crippen LogP contribution in [0.15, 0.2) is 49.1 Å². The molecule has 9 heteroatoms. The highest BCUT2D eigenvalue weighted by Crippen LogP contribution is 2.30. The average molecular weight is 420 g/mol. The monoisotopic (exact) mass is 420 g/mol.